The molecule has 2 heterocycles. The molecule has 0 atom stereocenters. The van der Waals surface area contributed by atoms with E-state index in [2.05, 4.69) is 36.0 Å². The molecule has 0 spiro atoms. The van der Waals surface area contributed by atoms with Crippen LogP contribution in [0.1, 0.15) is 12.0 Å². The van der Waals surface area contributed by atoms with Crippen LogP contribution in [0.25, 0.3) is 0 Å². The SMILES string of the molecule is O=C(NCc1cnc2nc1NCCCNS(=O)(=O)c1cccc(c1)N2)Nc1c(F)cccc1F. The predicted molar refractivity (Wildman–Crippen MR) is 122 cm³/mol. The Balaban J connectivity index is 1.51. The Kier molecular flexibility index (Phi) is 6.84. The number of benzene rings is 2. The van der Waals surface area contributed by atoms with Gasteiger partial charge in [-0.15, -0.1) is 0 Å². The van der Waals surface area contributed by atoms with E-state index in [9.17, 15) is 22.0 Å². The first-order valence-electron chi connectivity index (χ1n) is 10.3. The molecule has 2 amide bonds. The maximum absolute atomic E-state index is 13.8. The van der Waals surface area contributed by atoms with E-state index in [0.29, 0.717) is 30.0 Å². The van der Waals surface area contributed by atoms with E-state index in [4.69, 9.17) is 0 Å². The highest BCUT2D eigenvalue weighted by molar-refractivity contribution is 7.89. The Morgan fingerprint density at radius 1 is 1.09 bits per heavy atom. The zero-order valence-corrected chi connectivity index (χ0v) is 18.5. The average Bonchev–Trinajstić information content (AvgIpc) is 2.81. The lowest BCUT2D eigenvalue weighted by Crippen LogP contribution is -2.29. The molecule has 13 heteroatoms. The molecule has 4 rings (SSSR count). The normalized spacial score (nSPS) is 14.9. The highest BCUT2D eigenvalue weighted by Crippen LogP contribution is 2.21. The van der Waals surface area contributed by atoms with Crippen molar-refractivity contribution in [3.05, 3.63) is 65.9 Å². The van der Waals surface area contributed by atoms with Crippen LogP contribution in [-0.4, -0.2) is 37.5 Å². The first-order valence-corrected chi connectivity index (χ1v) is 11.8. The predicted octanol–water partition coefficient (Wildman–Crippen LogP) is 2.91. The number of halogens is 2. The zero-order valence-electron chi connectivity index (χ0n) is 17.7. The van der Waals surface area contributed by atoms with Gasteiger partial charge in [0.05, 0.1) is 4.90 Å². The van der Waals surface area contributed by atoms with E-state index in [1.165, 1.54) is 24.4 Å². The molecule has 0 unspecified atom stereocenters. The van der Waals surface area contributed by atoms with Gasteiger partial charge in [-0.05, 0) is 36.8 Å². The number of nitrogens with one attached hydrogen (secondary N) is 5. The van der Waals surface area contributed by atoms with Crippen molar-refractivity contribution in [1.29, 1.82) is 0 Å². The summed E-state index contributed by atoms with van der Waals surface area (Å²) in [6.07, 6.45) is 1.95. The van der Waals surface area contributed by atoms with Crippen molar-refractivity contribution in [2.45, 2.75) is 17.9 Å². The summed E-state index contributed by atoms with van der Waals surface area (Å²) in [6, 6.07) is 8.70. The van der Waals surface area contributed by atoms with E-state index in [1.807, 2.05) is 0 Å². The van der Waals surface area contributed by atoms with Gasteiger partial charge in [0.25, 0.3) is 0 Å². The third kappa shape index (κ3) is 5.55. The number of urea groups is 1. The molecule has 4 bridgehead atoms. The molecule has 1 aliphatic heterocycles. The number of nitrogens with zero attached hydrogens (tertiary/aromatic N) is 2. The fraction of sp³-hybridized carbons (Fsp3) is 0.190. The fourth-order valence-corrected chi connectivity index (χ4v) is 4.27. The number of aromatic nitrogens is 2. The molecule has 2 aromatic carbocycles. The molecule has 0 fully saturated rings. The minimum atomic E-state index is -3.66. The minimum Gasteiger partial charge on any atom is -0.370 e. The molecule has 10 nitrogen and oxygen atoms in total. The standard InChI is InChI=1S/C21H21F2N7O3S/c22-16-6-2-7-17(23)18(16)29-21(31)26-12-13-11-25-20-28-14-4-1-5-15(10-14)34(32,33)27-9-3-8-24-19(13)30-20/h1-2,4-7,10-11,27H,3,8-9,12H2,(H2,26,29,31)(H2,24,25,28,30). The Morgan fingerprint density at radius 2 is 1.85 bits per heavy atom. The molecule has 5 N–H and O–H groups in total. The monoisotopic (exact) mass is 489 g/mol. The topological polar surface area (TPSA) is 137 Å². The molecule has 3 aromatic rings. The Labute approximate surface area is 194 Å². The maximum atomic E-state index is 13.8. The average molecular weight is 490 g/mol. The zero-order chi connectivity index (χ0) is 24.1. The molecule has 0 radical (unpaired) electrons. The van der Waals surface area contributed by atoms with Gasteiger partial charge in [0.1, 0.15) is 23.1 Å². The molecule has 1 aromatic heterocycles. The van der Waals surface area contributed by atoms with Gasteiger partial charge in [0, 0.05) is 37.1 Å². The maximum Gasteiger partial charge on any atom is 0.319 e. The Morgan fingerprint density at radius 3 is 2.65 bits per heavy atom. The molecule has 34 heavy (non-hydrogen) atoms. The van der Waals surface area contributed by atoms with Crippen LogP contribution in [0.3, 0.4) is 0 Å². The van der Waals surface area contributed by atoms with Crippen LogP contribution >= 0.6 is 0 Å². The summed E-state index contributed by atoms with van der Waals surface area (Å²) in [5, 5.41) is 10.7. The van der Waals surface area contributed by atoms with Crippen molar-refractivity contribution in [1.82, 2.24) is 20.0 Å². The van der Waals surface area contributed by atoms with Gasteiger partial charge in [0.15, 0.2) is 0 Å². The van der Waals surface area contributed by atoms with E-state index < -0.39 is 33.4 Å². The van der Waals surface area contributed by atoms with Crippen molar-refractivity contribution in [3.8, 4) is 0 Å². The largest absolute Gasteiger partial charge is 0.370 e. The molecule has 0 saturated carbocycles. The fourth-order valence-electron chi connectivity index (χ4n) is 3.16. The summed E-state index contributed by atoms with van der Waals surface area (Å²) in [4.78, 5) is 20.9. The molecule has 0 saturated heterocycles. The number of hydrogen-bond donors (Lipinski definition) is 5. The molecular weight excluding hydrogens is 468 g/mol. The van der Waals surface area contributed by atoms with Crippen LogP contribution in [0.5, 0.6) is 0 Å². The Hall–Kier alpha value is -3.84. The number of carbonyl (C=O) groups excluding carboxylic acids is 1. The summed E-state index contributed by atoms with van der Waals surface area (Å²) in [5.41, 5.74) is 0.438. The van der Waals surface area contributed by atoms with Gasteiger partial charge in [0.2, 0.25) is 16.0 Å². The summed E-state index contributed by atoms with van der Waals surface area (Å²) >= 11 is 0. The van der Waals surface area contributed by atoms with Gasteiger partial charge < -0.3 is 21.3 Å². The molecule has 0 aliphatic carbocycles. The number of carbonyl (C=O) groups is 1. The quantitative estimate of drug-likeness (QED) is 0.382. The number of hydrogen-bond acceptors (Lipinski definition) is 7. The van der Waals surface area contributed by atoms with Gasteiger partial charge in [-0.2, -0.15) is 4.98 Å². The lowest BCUT2D eigenvalue weighted by molar-refractivity contribution is 0.251. The van der Waals surface area contributed by atoms with Crippen molar-refractivity contribution in [2.24, 2.45) is 0 Å². The van der Waals surface area contributed by atoms with E-state index >= 15 is 0 Å². The van der Waals surface area contributed by atoms with Crippen LogP contribution in [0, 0.1) is 11.6 Å². The van der Waals surface area contributed by atoms with Crippen LogP contribution in [0.15, 0.2) is 53.6 Å². The highest BCUT2D eigenvalue weighted by Gasteiger charge is 2.16. The molecule has 1 aliphatic rings. The van der Waals surface area contributed by atoms with Gasteiger partial charge >= 0.3 is 6.03 Å². The van der Waals surface area contributed by atoms with Crippen LogP contribution in [0.4, 0.5) is 36.7 Å². The van der Waals surface area contributed by atoms with Gasteiger partial charge in [-0.3, -0.25) is 0 Å². The van der Waals surface area contributed by atoms with Crippen LogP contribution < -0.4 is 26.0 Å². The summed E-state index contributed by atoms with van der Waals surface area (Å²) in [6.45, 7) is 0.554. The van der Waals surface area contributed by atoms with Crippen LogP contribution in [0.2, 0.25) is 0 Å². The van der Waals surface area contributed by atoms with Gasteiger partial charge in [-0.25, -0.2) is 31.7 Å². The molecular formula is C21H21F2N7O3S. The number of sulfonamides is 1. The molecule has 178 valence electrons. The van der Waals surface area contributed by atoms with E-state index in [0.717, 1.165) is 12.1 Å². The van der Waals surface area contributed by atoms with Crippen molar-refractivity contribution < 1.29 is 22.0 Å². The van der Waals surface area contributed by atoms with E-state index in [1.54, 1.807) is 12.1 Å². The second-order valence-electron chi connectivity index (χ2n) is 7.30. The number of anilines is 4. The number of fused-ring (bicyclic) bond motifs is 4. The lowest BCUT2D eigenvalue weighted by atomic mass is 10.3. The Bertz CT molecular complexity index is 1300. The van der Waals surface area contributed by atoms with Crippen molar-refractivity contribution in [2.75, 3.05) is 29.0 Å². The third-order valence-corrected chi connectivity index (χ3v) is 6.30. The number of rotatable bonds is 3. The second-order valence-corrected chi connectivity index (χ2v) is 9.07. The number of para-hydroxylation sites is 1. The van der Waals surface area contributed by atoms with E-state index in [-0.39, 0.29) is 23.9 Å². The first-order chi connectivity index (χ1) is 16.3. The highest BCUT2D eigenvalue weighted by atomic mass is 32.2. The third-order valence-electron chi connectivity index (χ3n) is 4.84. The van der Waals surface area contributed by atoms with Crippen molar-refractivity contribution in [3.63, 3.8) is 0 Å². The summed E-state index contributed by atoms with van der Waals surface area (Å²) in [5.74, 6) is -1.17. The lowest BCUT2D eigenvalue weighted by Gasteiger charge is -2.14. The van der Waals surface area contributed by atoms with Crippen molar-refractivity contribution >= 4 is 39.2 Å². The smallest absolute Gasteiger partial charge is 0.319 e. The first kappa shape index (κ1) is 23.3. The summed E-state index contributed by atoms with van der Waals surface area (Å²) in [7, 11) is -3.66. The number of amides is 2. The summed E-state index contributed by atoms with van der Waals surface area (Å²) < 4.78 is 54.9. The second kappa shape index (κ2) is 9.97. The minimum absolute atomic E-state index is 0.0351. The van der Waals surface area contributed by atoms with Gasteiger partial charge in [-0.1, -0.05) is 12.1 Å². The van der Waals surface area contributed by atoms with Crippen LogP contribution in [-0.2, 0) is 16.6 Å².